The zero-order chi connectivity index (χ0) is 21.4. The highest BCUT2D eigenvalue weighted by atomic mass is 16.5. The third kappa shape index (κ3) is 3.88. The van der Waals surface area contributed by atoms with Crippen LogP contribution in [0.15, 0.2) is 66.7 Å². The molecule has 3 aromatic rings. The van der Waals surface area contributed by atoms with E-state index in [0.717, 1.165) is 41.8 Å². The number of carbonyl (C=O) groups is 2. The molecular weight excluding hydrogens is 388 g/mol. The normalized spacial score (nSPS) is 23.1. The Labute approximate surface area is 182 Å². The van der Waals surface area contributed by atoms with E-state index in [0.29, 0.717) is 5.92 Å². The van der Waals surface area contributed by atoms with Gasteiger partial charge >= 0.3 is 0 Å². The summed E-state index contributed by atoms with van der Waals surface area (Å²) in [5.41, 5.74) is 0.842. The van der Waals surface area contributed by atoms with Crippen LogP contribution in [0, 0.1) is 17.8 Å². The van der Waals surface area contributed by atoms with Crippen molar-refractivity contribution in [1.29, 1.82) is 0 Å². The number of likely N-dealkylation sites (tertiary alicyclic amines) is 1. The van der Waals surface area contributed by atoms with E-state index in [-0.39, 0.29) is 30.3 Å². The maximum absolute atomic E-state index is 12.7. The van der Waals surface area contributed by atoms with Crippen LogP contribution in [0.1, 0.15) is 26.2 Å². The zero-order valence-electron chi connectivity index (χ0n) is 17.6. The Kier molecular flexibility index (Phi) is 5.10. The van der Waals surface area contributed by atoms with Crippen molar-refractivity contribution >= 4 is 28.3 Å². The first kappa shape index (κ1) is 19.6. The summed E-state index contributed by atoms with van der Waals surface area (Å²) < 4.78 is 5.98. The zero-order valence-corrected chi connectivity index (χ0v) is 17.6. The van der Waals surface area contributed by atoms with Crippen molar-refractivity contribution in [3.05, 3.63) is 66.7 Å². The van der Waals surface area contributed by atoms with Crippen LogP contribution < -0.4 is 10.1 Å². The van der Waals surface area contributed by atoms with E-state index in [9.17, 15) is 9.59 Å². The van der Waals surface area contributed by atoms with Crippen molar-refractivity contribution in [3.63, 3.8) is 0 Å². The van der Waals surface area contributed by atoms with Crippen LogP contribution in [0.3, 0.4) is 0 Å². The first-order chi connectivity index (χ1) is 15.1. The smallest absolute Gasteiger partial charge is 0.234 e. The second-order valence-electron chi connectivity index (χ2n) is 8.71. The van der Waals surface area contributed by atoms with Crippen LogP contribution in [-0.2, 0) is 9.59 Å². The summed E-state index contributed by atoms with van der Waals surface area (Å²) in [5.74, 6) is 1.73. The van der Waals surface area contributed by atoms with Crippen molar-refractivity contribution < 1.29 is 14.3 Å². The molecule has 0 bridgehead atoms. The van der Waals surface area contributed by atoms with E-state index in [1.807, 2.05) is 54.6 Å². The molecule has 0 spiro atoms. The molecule has 5 rings (SSSR count). The molecule has 1 N–H and O–H groups in total. The van der Waals surface area contributed by atoms with Crippen LogP contribution in [-0.4, -0.2) is 23.4 Å². The molecule has 2 fully saturated rings. The van der Waals surface area contributed by atoms with E-state index < -0.39 is 0 Å². The number of imide groups is 1. The Hall–Kier alpha value is -3.34. The molecule has 3 aromatic carbocycles. The third-order valence-electron chi connectivity index (χ3n) is 6.53. The maximum atomic E-state index is 12.7. The number of ether oxygens (including phenoxy) is 1. The van der Waals surface area contributed by atoms with Crippen LogP contribution >= 0.6 is 0 Å². The molecule has 3 atom stereocenters. The van der Waals surface area contributed by atoms with Gasteiger partial charge in [0.25, 0.3) is 0 Å². The molecule has 3 unspecified atom stereocenters. The minimum atomic E-state index is -0.129. The number of amides is 2. The van der Waals surface area contributed by atoms with E-state index in [1.54, 1.807) is 0 Å². The molecule has 1 aliphatic heterocycles. The molecule has 1 saturated heterocycles. The van der Waals surface area contributed by atoms with E-state index in [1.165, 1.54) is 10.3 Å². The van der Waals surface area contributed by atoms with Crippen LogP contribution in [0.2, 0.25) is 0 Å². The van der Waals surface area contributed by atoms with Crippen molar-refractivity contribution in [3.8, 4) is 11.5 Å². The predicted molar refractivity (Wildman–Crippen MR) is 121 cm³/mol. The van der Waals surface area contributed by atoms with E-state index in [2.05, 4.69) is 24.4 Å². The Morgan fingerprint density at radius 3 is 2.39 bits per heavy atom. The number of nitrogens with one attached hydrogen (secondary N) is 1. The van der Waals surface area contributed by atoms with Crippen molar-refractivity contribution in [2.24, 2.45) is 17.8 Å². The molecule has 5 nitrogen and oxygen atoms in total. The number of hydrogen-bond donors (Lipinski definition) is 1. The van der Waals surface area contributed by atoms with E-state index in [4.69, 9.17) is 4.74 Å². The summed E-state index contributed by atoms with van der Waals surface area (Å²) in [6, 6.07) is 21.8. The number of fused-ring (bicyclic) bond motifs is 2. The number of rotatable bonds is 5. The summed E-state index contributed by atoms with van der Waals surface area (Å²) >= 11 is 0. The highest BCUT2D eigenvalue weighted by Gasteiger charge is 2.49. The summed E-state index contributed by atoms with van der Waals surface area (Å²) in [5, 5.41) is 5.52. The van der Waals surface area contributed by atoms with Gasteiger partial charge in [0.05, 0.1) is 18.5 Å². The minimum Gasteiger partial charge on any atom is -0.457 e. The molecule has 5 heteroatoms. The molecule has 31 heavy (non-hydrogen) atoms. The van der Waals surface area contributed by atoms with Gasteiger partial charge in [0.15, 0.2) is 0 Å². The van der Waals surface area contributed by atoms with Gasteiger partial charge in [-0.15, -0.1) is 0 Å². The maximum Gasteiger partial charge on any atom is 0.234 e. The first-order valence-corrected chi connectivity index (χ1v) is 10.9. The van der Waals surface area contributed by atoms with Gasteiger partial charge in [-0.25, -0.2) is 0 Å². The number of hydrogen-bond acceptors (Lipinski definition) is 4. The summed E-state index contributed by atoms with van der Waals surface area (Å²) in [6.45, 7) is 2.38. The number of nitrogens with zero attached hydrogens (tertiary/aromatic N) is 1. The van der Waals surface area contributed by atoms with Gasteiger partial charge in [0, 0.05) is 5.69 Å². The molecule has 158 valence electrons. The molecule has 1 aliphatic carbocycles. The number of anilines is 1. The quantitative estimate of drug-likeness (QED) is 0.566. The summed E-state index contributed by atoms with van der Waals surface area (Å²) in [4.78, 5) is 26.8. The molecule has 2 amide bonds. The average Bonchev–Trinajstić information content (AvgIpc) is 3.02. The monoisotopic (exact) mass is 414 g/mol. The van der Waals surface area contributed by atoms with Gasteiger partial charge < -0.3 is 10.1 Å². The third-order valence-corrected chi connectivity index (χ3v) is 6.53. The molecule has 0 aromatic heterocycles. The van der Waals surface area contributed by atoms with Gasteiger partial charge in [-0.05, 0) is 72.4 Å². The Bertz CT molecular complexity index is 1120. The fourth-order valence-corrected chi connectivity index (χ4v) is 4.79. The van der Waals surface area contributed by atoms with Crippen LogP contribution in [0.25, 0.3) is 10.8 Å². The molecule has 2 aliphatic rings. The van der Waals surface area contributed by atoms with Gasteiger partial charge in [-0.2, -0.15) is 0 Å². The fraction of sp³-hybridized carbons (Fsp3) is 0.308. The van der Waals surface area contributed by atoms with Crippen molar-refractivity contribution in [2.45, 2.75) is 26.2 Å². The van der Waals surface area contributed by atoms with Crippen LogP contribution in [0.4, 0.5) is 5.69 Å². The molecule has 1 saturated carbocycles. The predicted octanol–water partition coefficient (Wildman–Crippen LogP) is 5.42. The van der Waals surface area contributed by atoms with Gasteiger partial charge in [-0.3, -0.25) is 14.5 Å². The lowest BCUT2D eigenvalue weighted by Gasteiger charge is -2.25. The molecule has 0 radical (unpaired) electrons. The summed E-state index contributed by atoms with van der Waals surface area (Å²) in [7, 11) is 0. The topological polar surface area (TPSA) is 58.6 Å². The number of benzene rings is 3. The molecule has 1 heterocycles. The lowest BCUT2D eigenvalue weighted by atomic mass is 9.76. The van der Waals surface area contributed by atoms with Gasteiger partial charge in [-0.1, -0.05) is 37.3 Å². The van der Waals surface area contributed by atoms with Crippen LogP contribution in [0.5, 0.6) is 11.5 Å². The van der Waals surface area contributed by atoms with Gasteiger partial charge in [0.1, 0.15) is 11.5 Å². The van der Waals surface area contributed by atoms with Crippen molar-refractivity contribution in [1.82, 2.24) is 4.90 Å². The largest absolute Gasteiger partial charge is 0.457 e. The Morgan fingerprint density at radius 1 is 0.871 bits per heavy atom. The summed E-state index contributed by atoms with van der Waals surface area (Å²) in [6.07, 6.45) is 2.68. The molecular formula is C26H26N2O3. The first-order valence-electron chi connectivity index (χ1n) is 10.9. The Balaban J connectivity index is 1.21. The Morgan fingerprint density at radius 2 is 1.58 bits per heavy atom. The standard InChI is InChI=1S/C26H26N2O3/c1-17-6-13-23-24(14-17)26(30)28(25(23)29)16-27-20-8-11-21(12-9-20)31-22-10-7-18-4-2-3-5-19(18)15-22/h2-5,7-12,15,17,23-24,27H,6,13-14,16H2,1H3. The lowest BCUT2D eigenvalue weighted by molar-refractivity contribution is -0.139. The number of carbonyl (C=O) groups excluding carboxylic acids is 2. The van der Waals surface area contributed by atoms with Crippen molar-refractivity contribution in [2.75, 3.05) is 12.0 Å². The lowest BCUT2D eigenvalue weighted by Crippen LogP contribution is -2.35. The second-order valence-corrected chi connectivity index (χ2v) is 8.71. The minimum absolute atomic E-state index is 0.0225. The van der Waals surface area contributed by atoms with E-state index >= 15 is 0 Å². The van der Waals surface area contributed by atoms with Gasteiger partial charge in [0.2, 0.25) is 11.8 Å². The SMILES string of the molecule is CC1CCC2C(=O)N(CNc3ccc(Oc4ccc5ccccc5c4)cc3)C(=O)C2C1. The second kappa shape index (κ2) is 8.06. The highest BCUT2D eigenvalue weighted by Crippen LogP contribution is 2.40. The highest BCUT2D eigenvalue weighted by molar-refractivity contribution is 6.05. The average molecular weight is 415 g/mol. The fourth-order valence-electron chi connectivity index (χ4n) is 4.79.